The van der Waals surface area contributed by atoms with Gasteiger partial charge < -0.3 is 19.9 Å². The van der Waals surface area contributed by atoms with Crippen LogP contribution in [0, 0.1) is 5.82 Å². The summed E-state index contributed by atoms with van der Waals surface area (Å²) in [4.78, 5) is 12.8. The van der Waals surface area contributed by atoms with Gasteiger partial charge in [0.25, 0.3) is 0 Å². The van der Waals surface area contributed by atoms with Gasteiger partial charge in [0.2, 0.25) is 12.7 Å². The van der Waals surface area contributed by atoms with Gasteiger partial charge in [0.1, 0.15) is 11.4 Å². The maximum absolute atomic E-state index is 12.8. The summed E-state index contributed by atoms with van der Waals surface area (Å²) in [6.07, 6.45) is 0. The molecule has 0 saturated carbocycles. The Morgan fingerprint density at radius 3 is 2.72 bits per heavy atom. The zero-order chi connectivity index (χ0) is 17.9. The second kappa shape index (κ2) is 7.33. The maximum atomic E-state index is 12.8. The van der Waals surface area contributed by atoms with E-state index in [1.54, 1.807) is 37.3 Å². The fraction of sp³-hybridized carbons (Fsp3) is 0.278. The summed E-state index contributed by atoms with van der Waals surface area (Å²) in [7, 11) is 0. The van der Waals surface area contributed by atoms with Gasteiger partial charge >= 0.3 is 0 Å². The number of carbonyl (C=O) groups is 1. The van der Waals surface area contributed by atoms with E-state index in [9.17, 15) is 14.3 Å². The number of benzene rings is 2. The molecule has 1 aliphatic rings. The number of ether oxygens (including phenoxy) is 2. The van der Waals surface area contributed by atoms with E-state index in [2.05, 4.69) is 5.32 Å². The molecule has 0 aliphatic carbocycles. The Balaban J connectivity index is 1.52. The Hall–Kier alpha value is -2.25. The molecular formula is C18H18FNO4S. The molecule has 1 aliphatic heterocycles. The molecule has 7 heteroatoms. The number of hydrogen-bond donors (Lipinski definition) is 2. The lowest BCUT2D eigenvalue weighted by Gasteiger charge is -2.24. The van der Waals surface area contributed by atoms with Crippen LogP contribution in [0.25, 0.3) is 0 Å². The molecule has 0 radical (unpaired) electrons. The number of carbonyl (C=O) groups excluding carboxylic acids is 1. The van der Waals surface area contributed by atoms with Crippen LogP contribution < -0.4 is 14.8 Å². The molecule has 0 unspecified atom stereocenters. The minimum atomic E-state index is -1.24. The lowest BCUT2D eigenvalue weighted by Crippen LogP contribution is -2.39. The predicted octanol–water partition coefficient (Wildman–Crippen LogP) is 2.67. The van der Waals surface area contributed by atoms with Crippen molar-refractivity contribution in [3.8, 4) is 11.5 Å². The third-order valence-corrected chi connectivity index (χ3v) is 4.82. The predicted molar refractivity (Wildman–Crippen MR) is 92.3 cm³/mol. The average molecular weight is 363 g/mol. The summed E-state index contributed by atoms with van der Waals surface area (Å²) >= 11 is 1.30. The lowest BCUT2D eigenvalue weighted by molar-refractivity contribution is -0.119. The zero-order valence-corrected chi connectivity index (χ0v) is 14.4. The SMILES string of the molecule is C[C@@](O)(CNC(=O)CSc1ccc(F)cc1)c1ccc2c(c1)OCO2. The normalized spacial score (nSPS) is 14.8. The number of aliphatic hydroxyl groups is 1. The van der Waals surface area contributed by atoms with Gasteiger partial charge in [0, 0.05) is 4.90 Å². The monoisotopic (exact) mass is 363 g/mol. The van der Waals surface area contributed by atoms with Gasteiger partial charge in [-0.3, -0.25) is 4.79 Å². The number of nitrogens with one attached hydrogen (secondary N) is 1. The molecule has 0 fully saturated rings. The number of amides is 1. The van der Waals surface area contributed by atoms with Crippen LogP contribution in [0.5, 0.6) is 11.5 Å². The molecule has 0 aromatic heterocycles. The van der Waals surface area contributed by atoms with Crippen molar-refractivity contribution in [1.29, 1.82) is 0 Å². The highest BCUT2D eigenvalue weighted by Gasteiger charge is 2.26. The number of rotatable bonds is 6. The summed E-state index contributed by atoms with van der Waals surface area (Å²) in [6, 6.07) is 11.1. The van der Waals surface area contributed by atoms with Crippen LogP contribution in [-0.4, -0.2) is 30.1 Å². The van der Waals surface area contributed by atoms with E-state index >= 15 is 0 Å². The molecule has 5 nitrogen and oxygen atoms in total. The van der Waals surface area contributed by atoms with Crippen molar-refractivity contribution in [2.24, 2.45) is 0 Å². The Bertz CT molecular complexity index is 764. The molecule has 1 amide bonds. The van der Waals surface area contributed by atoms with E-state index in [4.69, 9.17) is 9.47 Å². The molecule has 0 bridgehead atoms. The first-order chi connectivity index (χ1) is 11.9. The van der Waals surface area contributed by atoms with Crippen LogP contribution in [0.4, 0.5) is 4.39 Å². The summed E-state index contributed by atoms with van der Waals surface area (Å²) in [5.74, 6) is 0.877. The molecule has 2 aromatic carbocycles. The van der Waals surface area contributed by atoms with Crippen LogP contribution in [0.1, 0.15) is 12.5 Å². The van der Waals surface area contributed by atoms with E-state index in [0.29, 0.717) is 17.1 Å². The topological polar surface area (TPSA) is 67.8 Å². The van der Waals surface area contributed by atoms with Crippen molar-refractivity contribution in [1.82, 2.24) is 5.32 Å². The fourth-order valence-corrected chi connectivity index (χ4v) is 3.06. The molecule has 1 heterocycles. The largest absolute Gasteiger partial charge is 0.454 e. The van der Waals surface area contributed by atoms with Crippen molar-refractivity contribution in [2.45, 2.75) is 17.4 Å². The zero-order valence-electron chi connectivity index (χ0n) is 13.6. The maximum Gasteiger partial charge on any atom is 0.231 e. The molecule has 3 rings (SSSR count). The van der Waals surface area contributed by atoms with Crippen molar-refractivity contribution >= 4 is 17.7 Å². The van der Waals surface area contributed by atoms with Crippen LogP contribution in [0.3, 0.4) is 0 Å². The van der Waals surface area contributed by atoms with Gasteiger partial charge in [-0.1, -0.05) is 6.07 Å². The Kier molecular flexibility index (Phi) is 5.15. The van der Waals surface area contributed by atoms with Crippen molar-refractivity contribution in [3.05, 3.63) is 53.8 Å². The molecule has 132 valence electrons. The fourth-order valence-electron chi connectivity index (χ4n) is 2.34. The molecule has 25 heavy (non-hydrogen) atoms. The first-order valence-electron chi connectivity index (χ1n) is 7.72. The highest BCUT2D eigenvalue weighted by molar-refractivity contribution is 8.00. The second-order valence-corrected chi connectivity index (χ2v) is 6.91. The minimum Gasteiger partial charge on any atom is -0.454 e. The third kappa shape index (κ3) is 4.43. The summed E-state index contributed by atoms with van der Waals surface area (Å²) in [5.41, 5.74) is -0.611. The number of fused-ring (bicyclic) bond motifs is 1. The second-order valence-electron chi connectivity index (χ2n) is 5.86. The Morgan fingerprint density at radius 2 is 1.96 bits per heavy atom. The van der Waals surface area contributed by atoms with E-state index in [1.165, 1.54) is 23.9 Å². The highest BCUT2D eigenvalue weighted by atomic mass is 32.2. The van der Waals surface area contributed by atoms with E-state index in [0.717, 1.165) is 4.90 Å². The number of halogens is 1. The minimum absolute atomic E-state index is 0.0649. The smallest absolute Gasteiger partial charge is 0.231 e. The summed E-state index contributed by atoms with van der Waals surface area (Å²) < 4.78 is 23.4. The lowest BCUT2D eigenvalue weighted by atomic mass is 9.95. The molecule has 2 aromatic rings. The van der Waals surface area contributed by atoms with Gasteiger partial charge in [0.05, 0.1) is 12.3 Å². The van der Waals surface area contributed by atoms with Crippen molar-refractivity contribution in [2.75, 3.05) is 19.1 Å². The van der Waals surface area contributed by atoms with Gasteiger partial charge in [-0.2, -0.15) is 0 Å². The van der Waals surface area contributed by atoms with Crippen LogP contribution in [-0.2, 0) is 10.4 Å². The quantitative estimate of drug-likeness (QED) is 0.773. The molecule has 0 saturated heterocycles. The molecular weight excluding hydrogens is 345 g/mol. The Morgan fingerprint density at radius 1 is 1.24 bits per heavy atom. The van der Waals surface area contributed by atoms with Crippen molar-refractivity contribution in [3.63, 3.8) is 0 Å². The van der Waals surface area contributed by atoms with Crippen LogP contribution >= 0.6 is 11.8 Å². The van der Waals surface area contributed by atoms with Gasteiger partial charge in [-0.05, 0) is 48.9 Å². The number of thioether (sulfide) groups is 1. The molecule has 0 spiro atoms. The first kappa shape index (κ1) is 17.6. The summed E-state index contributed by atoms with van der Waals surface area (Å²) in [5, 5.41) is 13.3. The van der Waals surface area contributed by atoms with Gasteiger partial charge in [-0.15, -0.1) is 11.8 Å². The third-order valence-electron chi connectivity index (χ3n) is 3.81. The van der Waals surface area contributed by atoms with Gasteiger partial charge in [-0.25, -0.2) is 4.39 Å². The van der Waals surface area contributed by atoms with E-state index in [-0.39, 0.29) is 30.8 Å². The summed E-state index contributed by atoms with van der Waals surface area (Å²) in [6.45, 7) is 1.85. The van der Waals surface area contributed by atoms with Gasteiger partial charge in [0.15, 0.2) is 11.5 Å². The van der Waals surface area contributed by atoms with Crippen LogP contribution in [0.15, 0.2) is 47.4 Å². The average Bonchev–Trinajstić information content (AvgIpc) is 3.07. The number of hydrogen-bond acceptors (Lipinski definition) is 5. The first-order valence-corrected chi connectivity index (χ1v) is 8.70. The molecule has 2 N–H and O–H groups in total. The highest BCUT2D eigenvalue weighted by Crippen LogP contribution is 2.35. The molecule has 1 atom stereocenters. The van der Waals surface area contributed by atoms with Crippen molar-refractivity contribution < 1.29 is 23.8 Å². The van der Waals surface area contributed by atoms with Crippen LogP contribution in [0.2, 0.25) is 0 Å². The van der Waals surface area contributed by atoms with E-state index in [1.807, 2.05) is 0 Å². The Labute approximate surface area is 149 Å². The van der Waals surface area contributed by atoms with E-state index < -0.39 is 5.60 Å². The standard InChI is InChI=1S/C18H18FNO4S/c1-18(22,12-2-7-15-16(8-12)24-11-23-15)10-20-17(21)9-25-14-5-3-13(19)4-6-14/h2-8,22H,9-11H2,1H3,(H,20,21)/t18-/m1/s1.